The Labute approximate surface area is 165 Å². The van der Waals surface area contributed by atoms with Crippen molar-refractivity contribution in [2.45, 2.75) is 52.1 Å². The molecule has 1 aliphatic rings. The van der Waals surface area contributed by atoms with Crippen LogP contribution in [0.1, 0.15) is 50.0 Å². The molecular weight excluding hydrogens is 356 g/mol. The van der Waals surface area contributed by atoms with Gasteiger partial charge in [0.2, 0.25) is 11.8 Å². The molecule has 150 valence electrons. The number of rotatable bonds is 7. The molecule has 0 spiro atoms. The van der Waals surface area contributed by atoms with Crippen molar-refractivity contribution in [2.24, 2.45) is 11.8 Å². The van der Waals surface area contributed by atoms with Crippen LogP contribution in [0.4, 0.5) is 0 Å². The van der Waals surface area contributed by atoms with Crippen LogP contribution in [0, 0.1) is 18.8 Å². The van der Waals surface area contributed by atoms with Crippen LogP contribution in [0.2, 0.25) is 0 Å². The maximum absolute atomic E-state index is 12.1. The van der Waals surface area contributed by atoms with E-state index in [4.69, 9.17) is 0 Å². The third-order valence-electron chi connectivity index (χ3n) is 5.27. The lowest BCUT2D eigenvalue weighted by atomic mass is 9.77. The second kappa shape index (κ2) is 9.43. The predicted octanol–water partition coefficient (Wildman–Crippen LogP) is 1.78. The van der Waals surface area contributed by atoms with Gasteiger partial charge in [-0.1, -0.05) is 11.3 Å². The maximum Gasteiger partial charge on any atom is 0.241 e. The number of hydrogen-bond acceptors (Lipinski definition) is 5. The number of aromatic nitrogens is 4. The van der Waals surface area contributed by atoms with Gasteiger partial charge < -0.3 is 10.6 Å². The number of nitrogens with one attached hydrogen (secondary N) is 2. The molecule has 2 aromatic heterocycles. The van der Waals surface area contributed by atoms with Gasteiger partial charge in [0.25, 0.3) is 0 Å². The molecule has 0 bridgehead atoms. The minimum atomic E-state index is -0.0511. The van der Waals surface area contributed by atoms with E-state index in [-0.39, 0.29) is 24.4 Å². The monoisotopic (exact) mass is 384 g/mol. The van der Waals surface area contributed by atoms with Gasteiger partial charge in [-0.2, -0.15) is 0 Å². The first-order valence-corrected chi connectivity index (χ1v) is 9.82. The summed E-state index contributed by atoms with van der Waals surface area (Å²) in [5.41, 5.74) is 1.71. The van der Waals surface area contributed by atoms with Crippen molar-refractivity contribution in [1.29, 1.82) is 0 Å². The van der Waals surface area contributed by atoms with E-state index in [1.807, 2.05) is 25.1 Å². The van der Waals surface area contributed by atoms with Crippen molar-refractivity contribution in [3.05, 3.63) is 42.0 Å². The summed E-state index contributed by atoms with van der Waals surface area (Å²) in [5, 5.41) is 13.9. The molecule has 8 heteroatoms. The van der Waals surface area contributed by atoms with Gasteiger partial charge in [0, 0.05) is 25.9 Å². The second-order valence-corrected chi connectivity index (χ2v) is 7.58. The fourth-order valence-electron chi connectivity index (χ4n) is 3.87. The Kier molecular flexibility index (Phi) is 6.73. The number of amides is 2. The Hall–Kier alpha value is -2.77. The highest BCUT2D eigenvalue weighted by atomic mass is 16.2. The van der Waals surface area contributed by atoms with E-state index in [9.17, 15) is 9.59 Å². The normalized spacial score (nSPS) is 20.4. The predicted molar refractivity (Wildman–Crippen MR) is 104 cm³/mol. The zero-order chi connectivity index (χ0) is 19.9. The zero-order valence-electron chi connectivity index (χ0n) is 16.5. The van der Waals surface area contributed by atoms with Crippen LogP contribution in [0.15, 0.2) is 30.6 Å². The molecule has 2 aromatic rings. The van der Waals surface area contributed by atoms with Gasteiger partial charge in [-0.05, 0) is 56.6 Å². The molecule has 2 N–H and O–H groups in total. The Bertz CT molecular complexity index is 783. The number of carbonyl (C=O) groups is 2. The lowest BCUT2D eigenvalue weighted by molar-refractivity contribution is -0.122. The minimum absolute atomic E-state index is 0.0339. The third kappa shape index (κ3) is 5.61. The molecule has 2 heterocycles. The van der Waals surface area contributed by atoms with Gasteiger partial charge >= 0.3 is 0 Å². The zero-order valence-corrected chi connectivity index (χ0v) is 16.5. The summed E-state index contributed by atoms with van der Waals surface area (Å²) in [6.07, 6.45) is 7.58. The standard InChI is InChI=1S/C20H28N6O2/c1-14-12-26(25-24-14)13-19(28)22-11-16-6-8-17(9-7-16)20(23-15(2)27)18-5-3-4-10-21-18/h3-5,10,12,16-17,20H,6-9,11,13H2,1-2H3,(H,22,28)(H,23,27). The van der Waals surface area contributed by atoms with Crippen molar-refractivity contribution in [1.82, 2.24) is 30.6 Å². The van der Waals surface area contributed by atoms with E-state index < -0.39 is 0 Å². The van der Waals surface area contributed by atoms with Crippen molar-refractivity contribution >= 4 is 11.8 Å². The summed E-state index contributed by atoms with van der Waals surface area (Å²) in [4.78, 5) is 28.2. The summed E-state index contributed by atoms with van der Waals surface area (Å²) in [7, 11) is 0. The molecule has 0 aliphatic heterocycles. The molecule has 0 radical (unpaired) electrons. The third-order valence-corrected chi connectivity index (χ3v) is 5.27. The van der Waals surface area contributed by atoms with Gasteiger partial charge in [-0.25, -0.2) is 4.68 Å². The van der Waals surface area contributed by atoms with Crippen molar-refractivity contribution in [3.63, 3.8) is 0 Å². The average molecular weight is 384 g/mol. The highest BCUT2D eigenvalue weighted by Gasteiger charge is 2.30. The van der Waals surface area contributed by atoms with E-state index in [0.717, 1.165) is 37.1 Å². The van der Waals surface area contributed by atoms with Gasteiger partial charge in [0.15, 0.2) is 0 Å². The molecule has 0 saturated heterocycles. The van der Waals surface area contributed by atoms with Crippen LogP contribution in [0.3, 0.4) is 0 Å². The van der Waals surface area contributed by atoms with Gasteiger partial charge in [-0.3, -0.25) is 14.6 Å². The maximum atomic E-state index is 12.1. The van der Waals surface area contributed by atoms with E-state index in [2.05, 4.69) is 25.9 Å². The number of hydrogen-bond donors (Lipinski definition) is 2. The van der Waals surface area contributed by atoms with Crippen LogP contribution < -0.4 is 10.6 Å². The molecule has 1 aliphatic carbocycles. The summed E-state index contributed by atoms with van der Waals surface area (Å²) in [5.74, 6) is 0.744. The molecule has 1 saturated carbocycles. The quantitative estimate of drug-likeness (QED) is 0.758. The first kappa shape index (κ1) is 20.0. The van der Waals surface area contributed by atoms with E-state index >= 15 is 0 Å². The average Bonchev–Trinajstić information content (AvgIpc) is 3.10. The lowest BCUT2D eigenvalue weighted by Gasteiger charge is -2.34. The molecule has 3 rings (SSSR count). The minimum Gasteiger partial charge on any atom is -0.354 e. The van der Waals surface area contributed by atoms with Gasteiger partial charge in [0.05, 0.1) is 17.4 Å². The van der Waals surface area contributed by atoms with Crippen molar-refractivity contribution in [3.8, 4) is 0 Å². The summed E-state index contributed by atoms with van der Waals surface area (Å²) in [6.45, 7) is 4.26. The highest BCUT2D eigenvalue weighted by Crippen LogP contribution is 2.36. The fourth-order valence-corrected chi connectivity index (χ4v) is 3.87. The number of carbonyl (C=O) groups excluding carboxylic acids is 2. The first-order chi connectivity index (χ1) is 13.5. The molecule has 2 amide bonds. The molecule has 0 aromatic carbocycles. The Morgan fingerprint density at radius 3 is 2.64 bits per heavy atom. The lowest BCUT2D eigenvalue weighted by Crippen LogP contribution is -2.37. The van der Waals surface area contributed by atoms with Crippen LogP contribution in [-0.2, 0) is 16.1 Å². The SMILES string of the molecule is CC(=O)NC(c1ccccn1)C1CCC(CNC(=O)Cn2cc(C)nn2)CC1. The Morgan fingerprint density at radius 1 is 1.25 bits per heavy atom. The molecule has 1 fully saturated rings. The molecule has 28 heavy (non-hydrogen) atoms. The van der Waals surface area contributed by atoms with E-state index in [1.54, 1.807) is 24.0 Å². The summed E-state index contributed by atoms with van der Waals surface area (Å²) >= 11 is 0. The van der Waals surface area contributed by atoms with Crippen LogP contribution in [0.5, 0.6) is 0 Å². The number of aryl methyl sites for hydroxylation is 1. The molecule has 1 atom stereocenters. The highest BCUT2D eigenvalue weighted by molar-refractivity contribution is 5.75. The number of nitrogens with zero attached hydrogens (tertiary/aromatic N) is 4. The van der Waals surface area contributed by atoms with Gasteiger partial charge in [-0.15, -0.1) is 5.10 Å². The largest absolute Gasteiger partial charge is 0.354 e. The summed E-state index contributed by atoms with van der Waals surface area (Å²) in [6, 6.07) is 5.76. The molecule has 8 nitrogen and oxygen atoms in total. The number of pyridine rings is 1. The summed E-state index contributed by atoms with van der Waals surface area (Å²) < 4.78 is 1.55. The second-order valence-electron chi connectivity index (χ2n) is 7.58. The van der Waals surface area contributed by atoms with Gasteiger partial charge in [0.1, 0.15) is 6.54 Å². The van der Waals surface area contributed by atoms with E-state index in [1.165, 1.54) is 0 Å². The van der Waals surface area contributed by atoms with Crippen LogP contribution >= 0.6 is 0 Å². The Morgan fingerprint density at radius 2 is 2.04 bits per heavy atom. The van der Waals surface area contributed by atoms with Crippen LogP contribution in [-0.4, -0.2) is 38.3 Å². The van der Waals surface area contributed by atoms with Crippen molar-refractivity contribution < 1.29 is 9.59 Å². The smallest absolute Gasteiger partial charge is 0.241 e. The van der Waals surface area contributed by atoms with Crippen LogP contribution in [0.25, 0.3) is 0 Å². The van der Waals surface area contributed by atoms with E-state index in [0.29, 0.717) is 18.4 Å². The topological polar surface area (TPSA) is 102 Å². The molecular formula is C20H28N6O2. The first-order valence-electron chi connectivity index (χ1n) is 9.82. The fraction of sp³-hybridized carbons (Fsp3) is 0.550. The van der Waals surface area contributed by atoms with Crippen molar-refractivity contribution in [2.75, 3.05) is 6.54 Å². The molecule has 1 unspecified atom stereocenters. The Balaban J connectivity index is 1.47.